The van der Waals surface area contributed by atoms with Crippen LogP contribution in [0.15, 0.2) is 0 Å². The van der Waals surface area contributed by atoms with Crippen LogP contribution in [0.5, 0.6) is 0 Å². The summed E-state index contributed by atoms with van der Waals surface area (Å²) < 4.78 is 33.6. The van der Waals surface area contributed by atoms with Gasteiger partial charge in [-0.05, 0) is 49.4 Å². The maximum atomic E-state index is 14.2. The minimum absolute atomic E-state index is 0.0693. The van der Waals surface area contributed by atoms with Crippen molar-refractivity contribution in [1.29, 1.82) is 0 Å². The third-order valence-corrected chi connectivity index (χ3v) is 6.20. The zero-order valence-electron chi connectivity index (χ0n) is 14.2. The summed E-state index contributed by atoms with van der Waals surface area (Å²) in [4.78, 5) is 2.16. The summed E-state index contributed by atoms with van der Waals surface area (Å²) in [5, 5.41) is 0. The predicted molar refractivity (Wildman–Crippen MR) is 84.2 cm³/mol. The lowest BCUT2D eigenvalue weighted by molar-refractivity contribution is -0.153. The second-order valence-electron chi connectivity index (χ2n) is 8.74. The van der Waals surface area contributed by atoms with E-state index in [0.717, 1.165) is 18.9 Å². The van der Waals surface area contributed by atoms with Gasteiger partial charge in [0.05, 0.1) is 12.8 Å². The lowest BCUT2D eigenvalue weighted by Crippen LogP contribution is -2.55. The molecule has 1 aliphatic heterocycles. The van der Waals surface area contributed by atoms with Gasteiger partial charge < -0.3 is 4.74 Å². The van der Waals surface area contributed by atoms with E-state index in [4.69, 9.17) is 4.74 Å². The Bertz CT molecular complexity index is 384. The van der Waals surface area contributed by atoms with Gasteiger partial charge in [-0.15, -0.1) is 0 Å². The molecule has 128 valence electrons. The first-order chi connectivity index (χ1) is 10.3. The molecule has 4 heteroatoms. The smallest absolute Gasteiger partial charge is 0.118 e. The second kappa shape index (κ2) is 6.35. The summed E-state index contributed by atoms with van der Waals surface area (Å²) in [6, 6.07) is -0.136. The van der Waals surface area contributed by atoms with Crippen molar-refractivity contribution in [1.82, 2.24) is 4.90 Å². The molecule has 0 radical (unpaired) electrons. The molecule has 0 aromatic rings. The standard InChI is InChI=1S/C18H31F2NO/c1-18(2,3)13-4-7-17-12(8-13)10-21(11-22-17)16-6-5-14(19)9-15(16)20/h12-17H,4-11H2,1-3H3. The molecule has 6 atom stereocenters. The molecule has 2 saturated carbocycles. The Hall–Kier alpha value is -0.220. The van der Waals surface area contributed by atoms with E-state index in [0.29, 0.717) is 37.0 Å². The Kier molecular flexibility index (Phi) is 4.80. The van der Waals surface area contributed by atoms with Crippen molar-refractivity contribution in [3.8, 4) is 0 Å². The number of alkyl halides is 2. The zero-order valence-corrected chi connectivity index (χ0v) is 14.2. The highest BCUT2D eigenvalue weighted by Crippen LogP contribution is 2.43. The molecule has 3 fully saturated rings. The minimum Gasteiger partial charge on any atom is -0.362 e. The SMILES string of the molecule is CC(C)(C)C1CCC2OCN(C3CCC(F)CC3F)CC2C1. The lowest BCUT2D eigenvalue weighted by Gasteiger charge is -2.49. The lowest BCUT2D eigenvalue weighted by atomic mass is 9.67. The van der Waals surface area contributed by atoms with Crippen LogP contribution in [0.1, 0.15) is 59.3 Å². The molecular formula is C18H31F2NO. The fraction of sp³-hybridized carbons (Fsp3) is 1.00. The van der Waals surface area contributed by atoms with Crippen molar-refractivity contribution < 1.29 is 13.5 Å². The molecular weight excluding hydrogens is 284 g/mol. The van der Waals surface area contributed by atoms with E-state index in [1.807, 2.05) is 0 Å². The molecule has 6 unspecified atom stereocenters. The molecule has 1 saturated heterocycles. The molecule has 2 aliphatic carbocycles. The molecule has 0 aromatic carbocycles. The molecule has 0 amide bonds. The molecule has 2 nitrogen and oxygen atoms in total. The van der Waals surface area contributed by atoms with Gasteiger partial charge in [-0.1, -0.05) is 20.8 Å². The Balaban J connectivity index is 1.61. The van der Waals surface area contributed by atoms with Crippen LogP contribution in [-0.4, -0.2) is 42.7 Å². The van der Waals surface area contributed by atoms with Gasteiger partial charge in [-0.3, -0.25) is 4.90 Å². The molecule has 0 N–H and O–H groups in total. The van der Waals surface area contributed by atoms with Crippen molar-refractivity contribution in [3.63, 3.8) is 0 Å². The summed E-state index contributed by atoms with van der Waals surface area (Å²) in [5.74, 6) is 1.24. The van der Waals surface area contributed by atoms with Gasteiger partial charge >= 0.3 is 0 Å². The zero-order chi connectivity index (χ0) is 15.9. The van der Waals surface area contributed by atoms with Gasteiger partial charge in [-0.25, -0.2) is 8.78 Å². The van der Waals surface area contributed by atoms with Crippen LogP contribution >= 0.6 is 0 Å². The Morgan fingerprint density at radius 3 is 2.45 bits per heavy atom. The van der Waals surface area contributed by atoms with Gasteiger partial charge in [0.15, 0.2) is 0 Å². The third-order valence-electron chi connectivity index (χ3n) is 6.20. The largest absolute Gasteiger partial charge is 0.362 e. The topological polar surface area (TPSA) is 12.5 Å². The summed E-state index contributed by atoms with van der Waals surface area (Å²) in [7, 11) is 0. The number of nitrogens with zero attached hydrogens (tertiary/aromatic N) is 1. The first-order valence-corrected chi connectivity index (χ1v) is 8.98. The number of ether oxygens (including phenoxy) is 1. The Labute approximate surface area is 133 Å². The van der Waals surface area contributed by atoms with Gasteiger partial charge in [0, 0.05) is 19.0 Å². The van der Waals surface area contributed by atoms with Gasteiger partial charge in [0.2, 0.25) is 0 Å². The Morgan fingerprint density at radius 2 is 1.77 bits per heavy atom. The minimum atomic E-state index is -1.04. The third kappa shape index (κ3) is 3.48. The van der Waals surface area contributed by atoms with E-state index in [-0.39, 0.29) is 12.5 Å². The monoisotopic (exact) mass is 315 g/mol. The van der Waals surface area contributed by atoms with E-state index in [9.17, 15) is 8.78 Å². The molecule has 3 aliphatic rings. The van der Waals surface area contributed by atoms with E-state index in [1.54, 1.807) is 0 Å². The molecule has 3 rings (SSSR count). The van der Waals surface area contributed by atoms with E-state index in [1.165, 1.54) is 12.8 Å². The van der Waals surface area contributed by atoms with E-state index in [2.05, 4.69) is 25.7 Å². The van der Waals surface area contributed by atoms with Crippen LogP contribution < -0.4 is 0 Å². The van der Waals surface area contributed by atoms with Gasteiger partial charge in [0.1, 0.15) is 12.3 Å². The fourth-order valence-corrected chi connectivity index (χ4v) is 4.67. The molecule has 1 heterocycles. The fourth-order valence-electron chi connectivity index (χ4n) is 4.67. The first-order valence-electron chi connectivity index (χ1n) is 8.98. The average Bonchev–Trinajstić information content (AvgIpc) is 2.45. The highest BCUT2D eigenvalue weighted by molar-refractivity contribution is 4.93. The second-order valence-corrected chi connectivity index (χ2v) is 8.74. The maximum absolute atomic E-state index is 14.2. The van der Waals surface area contributed by atoms with Gasteiger partial charge in [-0.2, -0.15) is 0 Å². The summed E-state index contributed by atoms with van der Waals surface area (Å²) >= 11 is 0. The van der Waals surface area contributed by atoms with Crippen molar-refractivity contribution in [2.45, 2.75) is 83.8 Å². The highest BCUT2D eigenvalue weighted by Gasteiger charge is 2.43. The maximum Gasteiger partial charge on any atom is 0.118 e. The molecule has 22 heavy (non-hydrogen) atoms. The van der Waals surface area contributed by atoms with Crippen molar-refractivity contribution in [2.24, 2.45) is 17.3 Å². The van der Waals surface area contributed by atoms with Gasteiger partial charge in [0.25, 0.3) is 0 Å². The van der Waals surface area contributed by atoms with E-state index < -0.39 is 12.3 Å². The normalized spacial score (nSPS) is 44.6. The summed E-state index contributed by atoms with van der Waals surface area (Å²) in [6.45, 7) is 8.42. The first kappa shape index (κ1) is 16.6. The van der Waals surface area contributed by atoms with Crippen LogP contribution in [-0.2, 0) is 4.74 Å². The number of fused-ring (bicyclic) bond motifs is 1. The van der Waals surface area contributed by atoms with Crippen LogP contribution in [0.4, 0.5) is 8.78 Å². The van der Waals surface area contributed by atoms with Crippen LogP contribution in [0, 0.1) is 17.3 Å². The van der Waals surface area contributed by atoms with E-state index >= 15 is 0 Å². The number of halogens is 2. The van der Waals surface area contributed by atoms with Crippen molar-refractivity contribution in [2.75, 3.05) is 13.3 Å². The van der Waals surface area contributed by atoms with Crippen molar-refractivity contribution in [3.05, 3.63) is 0 Å². The molecule has 0 spiro atoms. The van der Waals surface area contributed by atoms with Crippen LogP contribution in [0.25, 0.3) is 0 Å². The summed E-state index contributed by atoms with van der Waals surface area (Å²) in [5.41, 5.74) is 0.335. The number of hydrogen-bond donors (Lipinski definition) is 0. The van der Waals surface area contributed by atoms with Crippen LogP contribution in [0.2, 0.25) is 0 Å². The van der Waals surface area contributed by atoms with Crippen LogP contribution in [0.3, 0.4) is 0 Å². The van der Waals surface area contributed by atoms with Crippen molar-refractivity contribution >= 4 is 0 Å². The predicted octanol–water partition coefficient (Wildman–Crippen LogP) is 4.34. The molecule has 0 aromatic heterocycles. The number of rotatable bonds is 1. The number of hydrogen-bond acceptors (Lipinski definition) is 2. The Morgan fingerprint density at radius 1 is 1.00 bits per heavy atom. The average molecular weight is 315 g/mol. The quantitative estimate of drug-likeness (QED) is 0.714. The summed E-state index contributed by atoms with van der Waals surface area (Å²) in [6.07, 6.45) is 3.12. The highest BCUT2D eigenvalue weighted by atomic mass is 19.1. The molecule has 0 bridgehead atoms.